The fourth-order valence-corrected chi connectivity index (χ4v) is 4.01. The van der Waals surface area contributed by atoms with E-state index in [4.69, 9.17) is 0 Å². The number of rotatable bonds is 3. The fraction of sp³-hybridized carbons (Fsp3) is 0.350. The average molecular weight is 376 g/mol. The van der Waals surface area contributed by atoms with Crippen molar-refractivity contribution < 1.29 is 9.59 Å². The molecule has 0 spiro atoms. The van der Waals surface area contributed by atoms with Gasteiger partial charge in [0.25, 0.3) is 5.91 Å². The van der Waals surface area contributed by atoms with Gasteiger partial charge in [0.1, 0.15) is 0 Å². The van der Waals surface area contributed by atoms with Gasteiger partial charge in [-0.2, -0.15) is 5.10 Å². The third-order valence-corrected chi connectivity index (χ3v) is 5.51. The highest BCUT2D eigenvalue weighted by molar-refractivity contribution is 5.97. The second kappa shape index (κ2) is 6.70. The van der Waals surface area contributed by atoms with E-state index in [0.29, 0.717) is 25.1 Å². The van der Waals surface area contributed by atoms with Crippen molar-refractivity contribution in [3.05, 3.63) is 48.5 Å². The van der Waals surface area contributed by atoms with Crippen LogP contribution in [0.25, 0.3) is 11.0 Å². The molecule has 1 aromatic carbocycles. The first kappa shape index (κ1) is 16.9. The van der Waals surface area contributed by atoms with Crippen molar-refractivity contribution in [2.75, 3.05) is 24.5 Å². The normalized spacial score (nSPS) is 19.7. The Morgan fingerprint density at radius 1 is 1.11 bits per heavy atom. The van der Waals surface area contributed by atoms with Crippen LogP contribution in [0, 0.1) is 0 Å². The number of anilines is 1. The Hall–Kier alpha value is -3.29. The lowest BCUT2D eigenvalue weighted by molar-refractivity contribution is -0.117. The van der Waals surface area contributed by atoms with Crippen LogP contribution in [0.15, 0.2) is 43.0 Å². The molecule has 2 aliphatic heterocycles. The zero-order valence-corrected chi connectivity index (χ0v) is 15.4. The summed E-state index contributed by atoms with van der Waals surface area (Å²) in [6, 6.07) is 5.55. The third-order valence-electron chi connectivity index (χ3n) is 5.51. The van der Waals surface area contributed by atoms with E-state index in [1.165, 1.54) is 0 Å². The van der Waals surface area contributed by atoms with Gasteiger partial charge in [-0.05, 0) is 31.0 Å². The second-order valence-corrected chi connectivity index (χ2v) is 7.28. The van der Waals surface area contributed by atoms with Crippen LogP contribution in [0.2, 0.25) is 0 Å². The number of benzene rings is 1. The van der Waals surface area contributed by atoms with Crippen molar-refractivity contribution in [1.82, 2.24) is 24.6 Å². The maximum absolute atomic E-state index is 12.9. The minimum Gasteiger partial charge on any atom is -0.336 e. The fourth-order valence-electron chi connectivity index (χ4n) is 4.01. The number of carbonyl (C=O) groups is 2. The molecular formula is C20H20N6O2. The van der Waals surface area contributed by atoms with Crippen LogP contribution in [0.3, 0.4) is 0 Å². The molecule has 2 saturated heterocycles. The van der Waals surface area contributed by atoms with Crippen molar-refractivity contribution in [3.8, 4) is 0 Å². The standard InChI is InChI=1S/C20H20N6O2/c27-19-2-1-8-25(19)16-11-23-26(13-16)15-5-9-24(12-15)20(28)14-3-4-17-18(10-14)22-7-6-21-17/h3-4,6-7,10-11,13,15H,1-2,5,8-9,12H2. The number of hydrogen-bond donors (Lipinski definition) is 0. The molecule has 0 saturated carbocycles. The summed E-state index contributed by atoms with van der Waals surface area (Å²) in [5.74, 6) is 0.152. The molecule has 1 atom stereocenters. The van der Waals surface area contributed by atoms with Crippen LogP contribution in [0.4, 0.5) is 5.69 Å². The Morgan fingerprint density at radius 3 is 2.79 bits per heavy atom. The van der Waals surface area contributed by atoms with E-state index in [0.717, 1.165) is 36.1 Å². The van der Waals surface area contributed by atoms with Gasteiger partial charge in [0.05, 0.1) is 29.0 Å². The van der Waals surface area contributed by atoms with E-state index < -0.39 is 0 Å². The van der Waals surface area contributed by atoms with Gasteiger partial charge in [0.2, 0.25) is 5.91 Å². The largest absolute Gasteiger partial charge is 0.336 e. The number of aromatic nitrogens is 4. The molecule has 5 rings (SSSR count). The number of amides is 2. The Labute approximate surface area is 161 Å². The molecule has 2 aromatic heterocycles. The van der Waals surface area contributed by atoms with E-state index in [1.54, 1.807) is 35.6 Å². The van der Waals surface area contributed by atoms with Gasteiger partial charge in [-0.15, -0.1) is 0 Å². The van der Waals surface area contributed by atoms with Crippen LogP contribution in [-0.2, 0) is 4.79 Å². The van der Waals surface area contributed by atoms with Crippen LogP contribution in [-0.4, -0.2) is 56.1 Å². The van der Waals surface area contributed by atoms with Crippen LogP contribution < -0.4 is 4.90 Å². The zero-order chi connectivity index (χ0) is 19.1. The topological polar surface area (TPSA) is 84.2 Å². The Balaban J connectivity index is 1.30. The highest BCUT2D eigenvalue weighted by atomic mass is 16.2. The first-order valence-corrected chi connectivity index (χ1v) is 9.53. The molecule has 8 nitrogen and oxygen atoms in total. The minimum atomic E-state index is -0.00264. The van der Waals surface area contributed by atoms with E-state index in [9.17, 15) is 9.59 Å². The lowest BCUT2D eigenvalue weighted by Crippen LogP contribution is -2.29. The van der Waals surface area contributed by atoms with Crippen LogP contribution in [0.1, 0.15) is 35.7 Å². The van der Waals surface area contributed by atoms with Crippen molar-refractivity contribution in [1.29, 1.82) is 0 Å². The Bertz CT molecular complexity index is 1060. The van der Waals surface area contributed by atoms with E-state index in [1.807, 2.05) is 21.8 Å². The number of hydrogen-bond acceptors (Lipinski definition) is 5. The van der Waals surface area contributed by atoms with Gasteiger partial charge in [0.15, 0.2) is 0 Å². The summed E-state index contributed by atoms with van der Waals surface area (Å²) < 4.78 is 1.89. The first-order valence-electron chi connectivity index (χ1n) is 9.53. The third kappa shape index (κ3) is 2.90. The smallest absolute Gasteiger partial charge is 0.254 e. The second-order valence-electron chi connectivity index (χ2n) is 7.28. The molecule has 8 heteroatoms. The quantitative estimate of drug-likeness (QED) is 0.698. The molecule has 0 radical (unpaired) electrons. The molecule has 0 aliphatic carbocycles. The summed E-state index contributed by atoms with van der Waals surface area (Å²) in [5, 5.41) is 4.45. The number of carbonyl (C=O) groups excluding carboxylic acids is 2. The summed E-state index contributed by atoms with van der Waals surface area (Å²) in [4.78, 5) is 37.0. The Morgan fingerprint density at radius 2 is 1.96 bits per heavy atom. The minimum absolute atomic E-state index is 0.00264. The lowest BCUT2D eigenvalue weighted by Gasteiger charge is -2.17. The maximum atomic E-state index is 12.9. The molecule has 2 amide bonds. The van der Waals surface area contributed by atoms with Gasteiger partial charge in [-0.3, -0.25) is 24.2 Å². The molecule has 2 fully saturated rings. The SMILES string of the molecule is O=C(c1ccc2nccnc2c1)N1CCC(n2cc(N3CCCC3=O)cn2)C1. The first-order chi connectivity index (χ1) is 13.7. The predicted molar refractivity (Wildman–Crippen MR) is 103 cm³/mol. The molecule has 4 heterocycles. The molecule has 0 bridgehead atoms. The van der Waals surface area contributed by atoms with E-state index in [2.05, 4.69) is 15.1 Å². The van der Waals surface area contributed by atoms with Gasteiger partial charge in [-0.25, -0.2) is 0 Å². The van der Waals surface area contributed by atoms with E-state index in [-0.39, 0.29) is 17.9 Å². The van der Waals surface area contributed by atoms with Gasteiger partial charge in [-0.1, -0.05) is 0 Å². The monoisotopic (exact) mass is 376 g/mol. The van der Waals surface area contributed by atoms with Gasteiger partial charge >= 0.3 is 0 Å². The summed E-state index contributed by atoms with van der Waals surface area (Å²) in [7, 11) is 0. The molecular weight excluding hydrogens is 356 g/mol. The summed E-state index contributed by atoms with van der Waals surface area (Å²) in [5.41, 5.74) is 2.97. The molecule has 28 heavy (non-hydrogen) atoms. The summed E-state index contributed by atoms with van der Waals surface area (Å²) in [6.07, 6.45) is 9.28. The average Bonchev–Trinajstić information content (AvgIpc) is 3.47. The van der Waals surface area contributed by atoms with Crippen molar-refractivity contribution in [2.24, 2.45) is 0 Å². The van der Waals surface area contributed by atoms with Crippen molar-refractivity contribution in [2.45, 2.75) is 25.3 Å². The highest BCUT2D eigenvalue weighted by Gasteiger charge is 2.30. The predicted octanol–water partition coefficient (Wildman–Crippen LogP) is 2.04. The molecule has 2 aliphatic rings. The molecule has 3 aromatic rings. The molecule has 0 N–H and O–H groups in total. The molecule has 142 valence electrons. The van der Waals surface area contributed by atoms with Crippen molar-refractivity contribution in [3.63, 3.8) is 0 Å². The van der Waals surface area contributed by atoms with E-state index >= 15 is 0 Å². The number of nitrogens with zero attached hydrogens (tertiary/aromatic N) is 6. The number of fused-ring (bicyclic) bond motifs is 1. The van der Waals surface area contributed by atoms with Crippen LogP contribution in [0.5, 0.6) is 0 Å². The lowest BCUT2D eigenvalue weighted by atomic mass is 10.1. The zero-order valence-electron chi connectivity index (χ0n) is 15.4. The maximum Gasteiger partial charge on any atom is 0.254 e. The van der Waals surface area contributed by atoms with Gasteiger partial charge < -0.3 is 9.80 Å². The molecule has 1 unspecified atom stereocenters. The Kier molecular flexibility index (Phi) is 4.03. The van der Waals surface area contributed by atoms with Crippen molar-refractivity contribution >= 4 is 28.5 Å². The highest BCUT2D eigenvalue weighted by Crippen LogP contribution is 2.27. The number of likely N-dealkylation sites (tertiary alicyclic amines) is 1. The van der Waals surface area contributed by atoms with Gasteiger partial charge in [0, 0.05) is 50.2 Å². The van der Waals surface area contributed by atoms with Crippen LogP contribution >= 0.6 is 0 Å². The summed E-state index contributed by atoms with van der Waals surface area (Å²) >= 11 is 0. The summed E-state index contributed by atoms with van der Waals surface area (Å²) in [6.45, 7) is 2.04.